The first-order valence-electron chi connectivity index (χ1n) is 12.0. The number of ether oxygens (including phenoxy) is 2. The van der Waals surface area contributed by atoms with Gasteiger partial charge in [0.1, 0.15) is 29.1 Å². The van der Waals surface area contributed by atoms with Gasteiger partial charge in [-0.15, -0.1) is 0 Å². The van der Waals surface area contributed by atoms with E-state index in [0.29, 0.717) is 10.9 Å². The van der Waals surface area contributed by atoms with Gasteiger partial charge in [-0.2, -0.15) is 0 Å². The topological polar surface area (TPSA) is 148 Å². The summed E-state index contributed by atoms with van der Waals surface area (Å²) in [7, 11) is -2.60. The molecule has 0 spiro atoms. The fraction of sp³-hybridized carbons (Fsp3) is 0.0741. The van der Waals surface area contributed by atoms with Crippen LogP contribution >= 0.6 is 0 Å². The second-order valence-electron chi connectivity index (χ2n) is 8.97. The predicted molar refractivity (Wildman–Crippen MR) is 145 cm³/mol. The van der Waals surface area contributed by atoms with Crippen molar-refractivity contribution in [2.45, 2.75) is 0 Å². The summed E-state index contributed by atoms with van der Waals surface area (Å²) in [6.07, 6.45) is 1.65. The standard InChI is InChI=1S/C27H19F2N5O6S/c1-39-24-9-14-8-22(31-19(14)12-20(24)33-41(37,38)7-6-35)26(36)16-13-30-34-25-18(29)10-15(11-21(25)32-27(16)34)40-23-5-3-2-4-17(23)28/h2-6,8-13,30-31,33H,7H2,1H3. The van der Waals surface area contributed by atoms with E-state index >= 15 is 4.39 Å². The molecule has 3 aromatic carbocycles. The predicted octanol–water partition coefficient (Wildman–Crippen LogP) is 4.55. The van der Waals surface area contributed by atoms with Crippen LogP contribution in [0.4, 0.5) is 14.5 Å². The van der Waals surface area contributed by atoms with Gasteiger partial charge >= 0.3 is 0 Å². The number of nitrogens with zero attached hydrogens (tertiary/aromatic N) is 2. The molecule has 0 aliphatic rings. The molecule has 14 heteroatoms. The van der Waals surface area contributed by atoms with Gasteiger partial charge in [-0.25, -0.2) is 26.7 Å². The molecule has 0 saturated carbocycles. The van der Waals surface area contributed by atoms with E-state index in [0.717, 1.165) is 6.07 Å². The first-order valence-corrected chi connectivity index (χ1v) is 13.6. The minimum Gasteiger partial charge on any atom is -0.495 e. The van der Waals surface area contributed by atoms with Crippen molar-refractivity contribution >= 4 is 55.4 Å². The van der Waals surface area contributed by atoms with Crippen LogP contribution in [0.15, 0.2) is 60.8 Å². The molecule has 3 aromatic heterocycles. The number of rotatable bonds is 9. The number of sulfonamides is 1. The van der Waals surface area contributed by atoms with Gasteiger partial charge in [0, 0.05) is 29.2 Å². The van der Waals surface area contributed by atoms with Gasteiger partial charge in [-0.05, 0) is 30.3 Å². The summed E-state index contributed by atoms with van der Waals surface area (Å²) < 4.78 is 67.7. The van der Waals surface area contributed by atoms with Gasteiger partial charge < -0.3 is 19.3 Å². The molecule has 208 valence electrons. The number of aromatic nitrogens is 4. The molecule has 0 aliphatic heterocycles. The SMILES string of the molecule is COc1cc2cc(C(=O)c3c[nH]n4c3nc3cc(Oc5ccccc5F)cc(F)c34)[nH]c2cc1NS(=O)(=O)CC=O. The molecule has 3 N–H and O–H groups in total. The maximum atomic E-state index is 15.1. The van der Waals surface area contributed by atoms with E-state index in [2.05, 4.69) is 19.8 Å². The van der Waals surface area contributed by atoms with Crippen LogP contribution in [-0.4, -0.2) is 52.9 Å². The second kappa shape index (κ2) is 9.75. The van der Waals surface area contributed by atoms with Crippen LogP contribution in [0, 0.1) is 11.6 Å². The van der Waals surface area contributed by atoms with Gasteiger partial charge in [-0.3, -0.25) is 14.6 Å². The summed E-state index contributed by atoms with van der Waals surface area (Å²) in [4.78, 5) is 31.6. The number of hydrogen-bond donors (Lipinski definition) is 3. The summed E-state index contributed by atoms with van der Waals surface area (Å²) in [6, 6.07) is 12.8. The summed E-state index contributed by atoms with van der Waals surface area (Å²) in [5.74, 6) is -2.41. The summed E-state index contributed by atoms with van der Waals surface area (Å²) in [6.45, 7) is 0. The van der Waals surface area contributed by atoms with Crippen LogP contribution in [0.2, 0.25) is 0 Å². The first-order chi connectivity index (χ1) is 19.7. The maximum Gasteiger partial charge on any atom is 0.239 e. The molecule has 6 rings (SSSR count). The summed E-state index contributed by atoms with van der Waals surface area (Å²) in [5.41, 5.74) is 1.15. The van der Waals surface area contributed by atoms with E-state index in [-0.39, 0.29) is 57.2 Å². The van der Waals surface area contributed by atoms with Crippen LogP contribution in [0.3, 0.4) is 0 Å². The Morgan fingerprint density at radius 1 is 1.10 bits per heavy atom. The van der Waals surface area contributed by atoms with Crippen molar-refractivity contribution in [2.75, 3.05) is 17.6 Å². The normalized spacial score (nSPS) is 11.8. The van der Waals surface area contributed by atoms with Crippen molar-refractivity contribution in [3.8, 4) is 17.2 Å². The van der Waals surface area contributed by atoms with Gasteiger partial charge in [-0.1, -0.05) is 12.1 Å². The monoisotopic (exact) mass is 579 g/mol. The first kappa shape index (κ1) is 26.0. The summed E-state index contributed by atoms with van der Waals surface area (Å²) >= 11 is 0. The average molecular weight is 580 g/mol. The number of imidazole rings is 1. The van der Waals surface area contributed by atoms with Crippen molar-refractivity contribution in [3.05, 3.63) is 83.7 Å². The molecule has 0 bridgehead atoms. The number of halogens is 2. The lowest BCUT2D eigenvalue weighted by atomic mass is 10.1. The number of H-pyrrole nitrogens is 2. The van der Waals surface area contributed by atoms with Crippen molar-refractivity contribution in [3.63, 3.8) is 0 Å². The molecule has 0 saturated heterocycles. The number of aldehydes is 1. The number of anilines is 1. The summed E-state index contributed by atoms with van der Waals surface area (Å²) in [5, 5.41) is 3.38. The number of hydrogen-bond acceptors (Lipinski definition) is 7. The van der Waals surface area contributed by atoms with E-state index in [1.54, 1.807) is 12.1 Å². The molecule has 0 fully saturated rings. The Balaban J connectivity index is 1.37. The van der Waals surface area contributed by atoms with E-state index in [1.807, 2.05) is 0 Å². The van der Waals surface area contributed by atoms with E-state index in [1.165, 1.54) is 54.2 Å². The number of para-hydroxylation sites is 1. The zero-order valence-electron chi connectivity index (χ0n) is 21.1. The molecule has 6 aromatic rings. The third-order valence-electron chi connectivity index (χ3n) is 6.30. The van der Waals surface area contributed by atoms with Crippen LogP contribution in [-0.2, 0) is 14.8 Å². The molecular formula is C27H19F2N5O6S. The highest BCUT2D eigenvalue weighted by molar-refractivity contribution is 7.93. The molecule has 0 unspecified atom stereocenters. The molecule has 41 heavy (non-hydrogen) atoms. The molecule has 3 heterocycles. The van der Waals surface area contributed by atoms with Gasteiger partial charge in [0.05, 0.1) is 29.6 Å². The maximum absolute atomic E-state index is 15.1. The van der Waals surface area contributed by atoms with E-state index < -0.39 is 33.2 Å². The van der Waals surface area contributed by atoms with Crippen LogP contribution < -0.4 is 14.2 Å². The molecular weight excluding hydrogens is 560 g/mol. The van der Waals surface area contributed by atoms with Crippen molar-refractivity contribution < 1.29 is 36.3 Å². The Morgan fingerprint density at radius 2 is 1.90 bits per heavy atom. The van der Waals surface area contributed by atoms with Gasteiger partial charge in [0.15, 0.2) is 23.0 Å². The number of fused-ring (bicyclic) bond motifs is 4. The third kappa shape index (κ3) is 4.63. The van der Waals surface area contributed by atoms with E-state index in [4.69, 9.17) is 9.47 Å². The number of carbonyl (C=O) groups excluding carboxylic acids is 2. The Kier molecular flexibility index (Phi) is 6.18. The zero-order valence-corrected chi connectivity index (χ0v) is 21.9. The van der Waals surface area contributed by atoms with E-state index in [9.17, 15) is 22.4 Å². The van der Waals surface area contributed by atoms with Crippen molar-refractivity contribution in [1.82, 2.24) is 19.6 Å². The minimum absolute atomic E-state index is 0.0258. The van der Waals surface area contributed by atoms with Crippen LogP contribution in [0.1, 0.15) is 16.1 Å². The minimum atomic E-state index is -3.95. The Bertz CT molecular complexity index is 2120. The van der Waals surface area contributed by atoms with Crippen molar-refractivity contribution in [1.29, 1.82) is 0 Å². The number of benzene rings is 3. The Hall–Kier alpha value is -5.24. The molecule has 0 atom stereocenters. The van der Waals surface area contributed by atoms with Crippen molar-refractivity contribution in [2.24, 2.45) is 0 Å². The lowest BCUT2D eigenvalue weighted by Gasteiger charge is -2.10. The zero-order chi connectivity index (χ0) is 28.9. The second-order valence-corrected chi connectivity index (χ2v) is 10.7. The highest BCUT2D eigenvalue weighted by Crippen LogP contribution is 2.33. The number of carbonyl (C=O) groups is 2. The lowest BCUT2D eigenvalue weighted by molar-refractivity contribution is -0.105. The number of ketones is 1. The number of methoxy groups -OCH3 is 1. The van der Waals surface area contributed by atoms with Crippen LogP contribution in [0.25, 0.3) is 27.6 Å². The highest BCUT2D eigenvalue weighted by atomic mass is 32.2. The molecule has 0 radical (unpaired) electrons. The smallest absolute Gasteiger partial charge is 0.239 e. The molecule has 11 nitrogen and oxygen atoms in total. The highest BCUT2D eigenvalue weighted by Gasteiger charge is 2.23. The largest absolute Gasteiger partial charge is 0.495 e. The van der Waals surface area contributed by atoms with Gasteiger partial charge in [0.25, 0.3) is 0 Å². The molecule has 0 amide bonds. The fourth-order valence-electron chi connectivity index (χ4n) is 4.49. The average Bonchev–Trinajstić information content (AvgIpc) is 3.62. The van der Waals surface area contributed by atoms with Gasteiger partial charge in [0.2, 0.25) is 15.8 Å². The van der Waals surface area contributed by atoms with Crippen LogP contribution in [0.5, 0.6) is 17.2 Å². The molecule has 0 aliphatic carbocycles. The quantitative estimate of drug-likeness (QED) is 0.168. The lowest BCUT2D eigenvalue weighted by Crippen LogP contribution is -2.17. The fourth-order valence-corrected chi connectivity index (χ4v) is 5.25. The number of nitrogens with one attached hydrogen (secondary N) is 3. The number of aromatic amines is 2. The third-order valence-corrected chi connectivity index (χ3v) is 7.41. The Morgan fingerprint density at radius 3 is 2.66 bits per heavy atom. The Labute approximate surface area is 229 Å².